The second kappa shape index (κ2) is 8.08. The number of rotatable bonds is 8. The van der Waals surface area contributed by atoms with Crippen molar-refractivity contribution >= 4 is 22.9 Å². The minimum atomic E-state index is 0.800. The van der Waals surface area contributed by atoms with Crippen LogP contribution in [0.1, 0.15) is 31.4 Å². The van der Waals surface area contributed by atoms with Crippen LogP contribution in [0.15, 0.2) is 10.9 Å². The van der Waals surface area contributed by atoms with Gasteiger partial charge in [-0.15, -0.1) is 22.9 Å². The van der Waals surface area contributed by atoms with E-state index in [9.17, 15) is 0 Å². The Bertz CT molecular complexity index is 239. The summed E-state index contributed by atoms with van der Waals surface area (Å²) in [6.07, 6.45) is 4.96. The van der Waals surface area contributed by atoms with E-state index in [-0.39, 0.29) is 0 Å². The van der Waals surface area contributed by atoms with Crippen LogP contribution in [0.4, 0.5) is 0 Å². The Labute approximate surface area is 101 Å². The van der Waals surface area contributed by atoms with Crippen LogP contribution in [0.3, 0.4) is 0 Å². The highest BCUT2D eigenvalue weighted by Crippen LogP contribution is 2.06. The van der Waals surface area contributed by atoms with Gasteiger partial charge in [-0.05, 0) is 26.4 Å². The Morgan fingerprint density at radius 1 is 1.33 bits per heavy atom. The molecule has 0 aliphatic carbocycles. The molecule has 0 saturated carbocycles. The van der Waals surface area contributed by atoms with Crippen molar-refractivity contribution in [2.24, 2.45) is 0 Å². The van der Waals surface area contributed by atoms with Crippen LogP contribution in [0.2, 0.25) is 0 Å². The first kappa shape index (κ1) is 12.9. The highest BCUT2D eigenvalue weighted by atomic mass is 35.5. The van der Waals surface area contributed by atoms with Crippen LogP contribution in [0.25, 0.3) is 0 Å². The van der Waals surface area contributed by atoms with Crippen LogP contribution in [-0.4, -0.2) is 29.4 Å². The molecule has 86 valence electrons. The minimum absolute atomic E-state index is 0.800. The molecule has 1 heterocycles. The zero-order valence-corrected chi connectivity index (χ0v) is 10.9. The van der Waals surface area contributed by atoms with Gasteiger partial charge >= 0.3 is 0 Å². The first-order valence-electron chi connectivity index (χ1n) is 5.44. The zero-order chi connectivity index (χ0) is 10.9. The molecule has 1 aromatic heterocycles. The van der Waals surface area contributed by atoms with Crippen molar-refractivity contribution in [1.29, 1.82) is 0 Å². The number of hydrogen-bond acceptors (Lipinski definition) is 3. The lowest BCUT2D eigenvalue weighted by Gasteiger charge is -2.14. The van der Waals surface area contributed by atoms with Crippen LogP contribution in [0, 0.1) is 0 Å². The predicted octanol–water partition coefficient (Wildman–Crippen LogP) is 3.37. The molecule has 1 aromatic rings. The maximum absolute atomic E-state index is 5.62. The van der Waals surface area contributed by atoms with Crippen molar-refractivity contribution < 1.29 is 0 Å². The van der Waals surface area contributed by atoms with Gasteiger partial charge in [0.25, 0.3) is 0 Å². The monoisotopic (exact) mass is 246 g/mol. The van der Waals surface area contributed by atoms with Crippen molar-refractivity contribution in [2.45, 2.75) is 32.2 Å². The Balaban J connectivity index is 2.01. The van der Waals surface area contributed by atoms with E-state index >= 15 is 0 Å². The molecular weight excluding hydrogens is 228 g/mol. The van der Waals surface area contributed by atoms with E-state index < -0.39 is 0 Å². The topological polar surface area (TPSA) is 16.1 Å². The van der Waals surface area contributed by atoms with E-state index in [0.29, 0.717) is 0 Å². The molecule has 15 heavy (non-hydrogen) atoms. The summed E-state index contributed by atoms with van der Waals surface area (Å²) < 4.78 is 0. The first-order valence-corrected chi connectivity index (χ1v) is 6.92. The number of aromatic nitrogens is 1. The standard InChI is InChI=1S/C11H19ClN2S/c1-14(7-5-3-2-4-6-12)8-11-9-15-10-13-11/h9-10H,2-8H2,1H3. The lowest BCUT2D eigenvalue weighted by Crippen LogP contribution is -2.19. The number of thiazole rings is 1. The second-order valence-corrected chi connectivity index (χ2v) is 4.92. The van der Waals surface area contributed by atoms with Gasteiger partial charge < -0.3 is 4.90 Å². The van der Waals surface area contributed by atoms with Crippen LogP contribution in [0.5, 0.6) is 0 Å². The van der Waals surface area contributed by atoms with Gasteiger partial charge in [0.15, 0.2) is 0 Å². The third kappa shape index (κ3) is 6.13. The molecule has 0 bridgehead atoms. The van der Waals surface area contributed by atoms with Gasteiger partial charge in [0.05, 0.1) is 11.2 Å². The predicted molar refractivity (Wildman–Crippen MR) is 67.6 cm³/mol. The van der Waals surface area contributed by atoms with Gasteiger partial charge in [-0.2, -0.15) is 0 Å². The number of nitrogens with zero attached hydrogens (tertiary/aromatic N) is 2. The van der Waals surface area contributed by atoms with Crippen LogP contribution in [-0.2, 0) is 6.54 Å². The first-order chi connectivity index (χ1) is 7.33. The molecule has 0 aliphatic rings. The summed E-state index contributed by atoms with van der Waals surface area (Å²) in [5.74, 6) is 0.800. The Morgan fingerprint density at radius 2 is 2.13 bits per heavy atom. The van der Waals surface area contributed by atoms with Gasteiger partial charge in [-0.1, -0.05) is 12.8 Å². The van der Waals surface area contributed by atoms with Gasteiger partial charge in [0, 0.05) is 17.8 Å². The third-order valence-electron chi connectivity index (χ3n) is 2.34. The Hall–Kier alpha value is -0.120. The molecule has 0 radical (unpaired) electrons. The highest BCUT2D eigenvalue weighted by Gasteiger charge is 2.01. The summed E-state index contributed by atoms with van der Waals surface area (Å²) in [6.45, 7) is 2.12. The number of alkyl halides is 1. The molecule has 0 saturated heterocycles. The van der Waals surface area contributed by atoms with Crippen molar-refractivity contribution in [3.8, 4) is 0 Å². The summed E-state index contributed by atoms with van der Waals surface area (Å²) in [4.78, 5) is 6.60. The maximum Gasteiger partial charge on any atom is 0.0795 e. The summed E-state index contributed by atoms with van der Waals surface area (Å²) in [6, 6.07) is 0. The van der Waals surface area contributed by atoms with Crippen molar-refractivity contribution in [1.82, 2.24) is 9.88 Å². The molecule has 0 aromatic carbocycles. The highest BCUT2D eigenvalue weighted by molar-refractivity contribution is 7.07. The SMILES string of the molecule is CN(CCCCCCCl)Cc1cscn1. The van der Waals surface area contributed by atoms with Crippen molar-refractivity contribution in [3.63, 3.8) is 0 Å². The van der Waals surface area contributed by atoms with E-state index in [0.717, 1.165) is 25.4 Å². The summed E-state index contributed by atoms with van der Waals surface area (Å²) in [7, 11) is 2.15. The summed E-state index contributed by atoms with van der Waals surface area (Å²) in [5, 5.41) is 2.12. The molecule has 0 spiro atoms. The van der Waals surface area contributed by atoms with Crippen molar-refractivity contribution in [2.75, 3.05) is 19.5 Å². The third-order valence-corrected chi connectivity index (χ3v) is 3.24. The summed E-state index contributed by atoms with van der Waals surface area (Å²) >= 11 is 7.28. The lowest BCUT2D eigenvalue weighted by molar-refractivity contribution is 0.314. The average molecular weight is 247 g/mol. The molecule has 0 N–H and O–H groups in total. The van der Waals surface area contributed by atoms with Crippen LogP contribution < -0.4 is 0 Å². The lowest BCUT2D eigenvalue weighted by atomic mass is 10.2. The molecule has 1 rings (SSSR count). The largest absolute Gasteiger partial charge is 0.301 e. The fraction of sp³-hybridized carbons (Fsp3) is 0.727. The number of halogens is 1. The Kier molecular flexibility index (Phi) is 6.98. The second-order valence-electron chi connectivity index (χ2n) is 3.82. The average Bonchev–Trinajstić information content (AvgIpc) is 2.70. The van der Waals surface area contributed by atoms with Crippen molar-refractivity contribution in [3.05, 3.63) is 16.6 Å². The Morgan fingerprint density at radius 3 is 2.80 bits per heavy atom. The fourth-order valence-corrected chi connectivity index (χ4v) is 2.24. The number of hydrogen-bond donors (Lipinski definition) is 0. The minimum Gasteiger partial charge on any atom is -0.301 e. The van der Waals surface area contributed by atoms with E-state index in [1.807, 2.05) is 5.51 Å². The zero-order valence-electron chi connectivity index (χ0n) is 9.29. The normalized spacial score (nSPS) is 11.1. The molecule has 0 atom stereocenters. The van der Waals surface area contributed by atoms with Gasteiger partial charge in [-0.3, -0.25) is 0 Å². The van der Waals surface area contributed by atoms with E-state index in [1.54, 1.807) is 11.3 Å². The summed E-state index contributed by atoms with van der Waals surface area (Å²) in [5.41, 5.74) is 3.08. The molecule has 0 amide bonds. The maximum atomic E-state index is 5.62. The van der Waals surface area contributed by atoms with Gasteiger partial charge in [0.1, 0.15) is 0 Å². The smallest absolute Gasteiger partial charge is 0.0795 e. The van der Waals surface area contributed by atoms with E-state index in [4.69, 9.17) is 11.6 Å². The van der Waals surface area contributed by atoms with E-state index in [2.05, 4.69) is 22.3 Å². The van der Waals surface area contributed by atoms with E-state index in [1.165, 1.54) is 25.0 Å². The van der Waals surface area contributed by atoms with Gasteiger partial charge in [0.2, 0.25) is 0 Å². The molecule has 0 unspecified atom stereocenters. The quantitative estimate of drug-likeness (QED) is 0.517. The molecule has 4 heteroatoms. The molecule has 0 aliphatic heterocycles. The molecular formula is C11H19ClN2S. The van der Waals surface area contributed by atoms with Gasteiger partial charge in [-0.25, -0.2) is 4.98 Å². The van der Waals surface area contributed by atoms with Crippen LogP contribution >= 0.6 is 22.9 Å². The number of unbranched alkanes of at least 4 members (excludes halogenated alkanes) is 3. The molecule has 2 nitrogen and oxygen atoms in total. The fourth-order valence-electron chi connectivity index (χ4n) is 1.50. The molecule has 0 fully saturated rings.